The van der Waals surface area contributed by atoms with Crippen LogP contribution in [0.2, 0.25) is 0 Å². The maximum Gasteiger partial charge on any atom is 0.407 e. The number of aliphatic hydroxyl groups is 1. The van der Waals surface area contributed by atoms with Gasteiger partial charge in [0.25, 0.3) is 0 Å². The number of aliphatic hydroxyl groups excluding tert-OH is 1. The van der Waals surface area contributed by atoms with Crippen molar-refractivity contribution in [2.75, 3.05) is 13.2 Å². The van der Waals surface area contributed by atoms with Crippen molar-refractivity contribution < 1.29 is 34.1 Å². The number of nitrogens with one attached hydrogen (secondary N) is 2. The van der Waals surface area contributed by atoms with Gasteiger partial charge in [-0.15, -0.1) is 0 Å². The summed E-state index contributed by atoms with van der Waals surface area (Å²) in [4.78, 5) is 35.6. The quantitative estimate of drug-likeness (QED) is 0.110. The van der Waals surface area contributed by atoms with Crippen LogP contribution < -0.4 is 10.6 Å². The van der Waals surface area contributed by atoms with E-state index >= 15 is 0 Å². The van der Waals surface area contributed by atoms with Crippen LogP contribution in [0, 0.1) is 46.3 Å². The van der Waals surface area contributed by atoms with Gasteiger partial charge >= 0.3 is 18.2 Å². The Morgan fingerprint density at radius 1 is 0.823 bits per heavy atom. The van der Waals surface area contributed by atoms with Crippen molar-refractivity contribution in [3.05, 3.63) is 71.3 Å². The molecule has 0 radical (unpaired) electrons. The lowest BCUT2D eigenvalue weighted by molar-refractivity contribution is -0.139. The zero-order chi connectivity index (χ0) is 44.8. The number of benzene rings is 2. The molecule has 9 nitrogen and oxygen atoms in total. The Balaban J connectivity index is 0.000000210. The summed E-state index contributed by atoms with van der Waals surface area (Å²) in [7, 11) is 0. The van der Waals surface area contributed by atoms with Gasteiger partial charge in [-0.3, -0.25) is 0 Å². The summed E-state index contributed by atoms with van der Waals surface area (Å²) in [5.74, 6) is 4.23. The standard InChI is InChI=1S/C27H46O.C26H32N2O6/c1-18(2)7-6-8-19(3)23-11-12-24-22-10-9-20-17-21(28)13-15-26(20,4)25(22)14-16-27(23,24)5;1-26(2,3)34-24(31)27-15-9-8-14-22(23(29)30)28-25(32)33-16-21-19-12-6-4-10-17(19)18-11-5-7-13-20(18)21/h9,18-19,21-25,28H,6-8,10-17H2,1-5H3;4-7,10-13,21-22H,8-9,14-16H2,1-3H3,(H,27,31)(H,28,32)(H,29,30)/t19-,21+,22+,23-,24+,25+,26+,27-;22-/m10/s1. The highest BCUT2D eigenvalue weighted by Gasteiger charge is 2.59. The molecule has 0 heterocycles. The third kappa shape index (κ3) is 11.1. The molecule has 5 aliphatic carbocycles. The number of unbranched alkanes of at least 4 members (excludes halogenated alkanes) is 1. The van der Waals surface area contributed by atoms with Crippen LogP contribution in [0.4, 0.5) is 9.59 Å². The minimum atomic E-state index is -1.13. The summed E-state index contributed by atoms with van der Waals surface area (Å²) in [6.07, 6.45) is 17.1. The first-order valence-corrected chi connectivity index (χ1v) is 24.1. The van der Waals surface area contributed by atoms with Crippen molar-refractivity contribution in [1.29, 1.82) is 0 Å². The number of alkyl carbamates (subject to hydrolysis) is 2. The Kier molecular flexibility index (Phi) is 15.6. The van der Waals surface area contributed by atoms with E-state index in [-0.39, 0.29) is 25.0 Å². The molecule has 7 rings (SSSR count). The Hall–Kier alpha value is -3.85. The van der Waals surface area contributed by atoms with Gasteiger partial charge in [-0.05, 0) is 160 Å². The van der Waals surface area contributed by atoms with Crippen molar-refractivity contribution >= 4 is 18.2 Å². The number of carboxylic acid groups (broad SMARTS) is 1. The van der Waals surface area contributed by atoms with E-state index in [1.807, 2.05) is 48.5 Å². The van der Waals surface area contributed by atoms with E-state index in [2.05, 4.69) is 51.3 Å². The molecule has 0 unspecified atom stereocenters. The number of fused-ring (bicyclic) bond motifs is 8. The minimum absolute atomic E-state index is 0.0766. The predicted octanol–water partition coefficient (Wildman–Crippen LogP) is 12.1. The third-order valence-corrected chi connectivity index (χ3v) is 15.8. The van der Waals surface area contributed by atoms with Gasteiger partial charge in [-0.2, -0.15) is 0 Å². The lowest BCUT2D eigenvalue weighted by Gasteiger charge is -2.58. The van der Waals surface area contributed by atoms with Gasteiger partial charge in [-0.25, -0.2) is 14.4 Å². The first kappa shape index (κ1) is 47.6. The van der Waals surface area contributed by atoms with Crippen LogP contribution in [0.3, 0.4) is 0 Å². The molecule has 5 aliphatic rings. The second kappa shape index (κ2) is 20.3. The van der Waals surface area contributed by atoms with Gasteiger partial charge in [0, 0.05) is 12.5 Å². The van der Waals surface area contributed by atoms with Crippen LogP contribution in [0.5, 0.6) is 0 Å². The van der Waals surface area contributed by atoms with E-state index in [1.165, 1.54) is 57.8 Å². The molecule has 0 aromatic heterocycles. The normalized spacial score (nSPS) is 28.4. The van der Waals surface area contributed by atoms with Crippen molar-refractivity contribution in [1.82, 2.24) is 10.6 Å². The molecule has 0 aliphatic heterocycles. The maximum atomic E-state index is 12.4. The summed E-state index contributed by atoms with van der Waals surface area (Å²) < 4.78 is 10.6. The first-order chi connectivity index (χ1) is 29.4. The Bertz CT molecular complexity index is 1840. The Morgan fingerprint density at radius 2 is 1.50 bits per heavy atom. The number of allylic oxidation sites excluding steroid dienone is 1. The molecule has 342 valence electrons. The van der Waals surface area contributed by atoms with E-state index in [0.29, 0.717) is 30.2 Å². The van der Waals surface area contributed by atoms with Gasteiger partial charge in [0.2, 0.25) is 0 Å². The zero-order valence-electron chi connectivity index (χ0n) is 39.1. The Morgan fingerprint density at radius 3 is 2.15 bits per heavy atom. The fourth-order valence-electron chi connectivity index (χ4n) is 12.7. The summed E-state index contributed by atoms with van der Waals surface area (Å²) in [5.41, 5.74) is 6.44. The molecule has 3 fully saturated rings. The monoisotopic (exact) mass is 855 g/mol. The fraction of sp³-hybridized carbons (Fsp3) is 0.679. The number of carbonyl (C=O) groups excluding carboxylic acids is 2. The lowest BCUT2D eigenvalue weighted by Crippen LogP contribution is -2.50. The molecular weight excluding hydrogens is 777 g/mol. The van der Waals surface area contributed by atoms with Crippen LogP contribution >= 0.6 is 0 Å². The Labute approximate surface area is 372 Å². The summed E-state index contributed by atoms with van der Waals surface area (Å²) in [5, 5.41) is 24.8. The van der Waals surface area contributed by atoms with Gasteiger partial charge in [-0.1, -0.05) is 114 Å². The highest BCUT2D eigenvalue weighted by atomic mass is 16.6. The highest BCUT2D eigenvalue weighted by Crippen LogP contribution is 2.67. The first-order valence-electron chi connectivity index (χ1n) is 24.1. The third-order valence-electron chi connectivity index (χ3n) is 15.8. The second-order valence-electron chi connectivity index (χ2n) is 21.5. The van der Waals surface area contributed by atoms with E-state index in [4.69, 9.17) is 9.47 Å². The average molecular weight is 855 g/mol. The number of ether oxygens (including phenoxy) is 2. The minimum Gasteiger partial charge on any atom is -0.480 e. The predicted molar refractivity (Wildman–Crippen MR) is 247 cm³/mol. The lowest BCUT2D eigenvalue weighted by atomic mass is 9.47. The van der Waals surface area contributed by atoms with Crippen molar-refractivity contribution in [3.63, 3.8) is 0 Å². The smallest absolute Gasteiger partial charge is 0.407 e. The largest absolute Gasteiger partial charge is 0.480 e. The van der Waals surface area contributed by atoms with Crippen LogP contribution in [-0.4, -0.2) is 59.3 Å². The molecule has 9 heteroatoms. The molecule has 2 aromatic rings. The molecule has 9 atom stereocenters. The number of rotatable bonds is 14. The number of hydrogen-bond acceptors (Lipinski definition) is 6. The molecule has 2 aromatic carbocycles. The second-order valence-corrected chi connectivity index (χ2v) is 21.5. The van der Waals surface area contributed by atoms with Gasteiger partial charge in [0.15, 0.2) is 0 Å². The molecule has 0 spiro atoms. The molecule has 62 heavy (non-hydrogen) atoms. The van der Waals surface area contributed by atoms with E-state index in [0.717, 1.165) is 70.6 Å². The van der Waals surface area contributed by atoms with E-state index in [9.17, 15) is 24.6 Å². The molecule has 4 N–H and O–H groups in total. The summed E-state index contributed by atoms with van der Waals surface area (Å²) in [6, 6.07) is 14.9. The summed E-state index contributed by atoms with van der Waals surface area (Å²) in [6.45, 7) is 18.4. The number of carbonyl (C=O) groups is 3. The molecule has 2 amide bonds. The van der Waals surface area contributed by atoms with Crippen LogP contribution in [0.25, 0.3) is 11.1 Å². The summed E-state index contributed by atoms with van der Waals surface area (Å²) >= 11 is 0. The fourth-order valence-corrected chi connectivity index (χ4v) is 12.7. The average Bonchev–Trinajstić information content (AvgIpc) is 3.74. The number of carboxylic acids is 1. The molecule has 3 saturated carbocycles. The number of aliphatic carboxylic acids is 1. The molecule has 0 bridgehead atoms. The number of hydrogen-bond donors (Lipinski definition) is 4. The van der Waals surface area contributed by atoms with Crippen molar-refractivity contribution in [2.45, 2.75) is 169 Å². The molecular formula is C53H78N2O7. The van der Waals surface area contributed by atoms with Crippen LogP contribution in [0.15, 0.2) is 60.2 Å². The van der Waals surface area contributed by atoms with Crippen molar-refractivity contribution in [3.8, 4) is 11.1 Å². The van der Waals surface area contributed by atoms with E-state index < -0.39 is 29.8 Å². The van der Waals surface area contributed by atoms with Gasteiger partial charge < -0.3 is 30.3 Å². The van der Waals surface area contributed by atoms with Gasteiger partial charge in [0.1, 0.15) is 18.2 Å². The topological polar surface area (TPSA) is 134 Å². The maximum absolute atomic E-state index is 12.4. The SMILES string of the molecule is CC(C)(C)OC(=O)NCCCC[C@H](NC(=O)OCC1c2ccccc2-c2ccccc21)C(=O)O.CC(C)CCC[C@@H](C)[C@H]1CC[C@H]2[C@@H]3CC=C4C[C@@H](O)CC[C@]4(C)[C@H]3CC[C@]12C. The van der Waals surface area contributed by atoms with Crippen LogP contribution in [0.1, 0.15) is 162 Å². The van der Waals surface area contributed by atoms with Gasteiger partial charge in [0.05, 0.1) is 6.10 Å². The highest BCUT2D eigenvalue weighted by molar-refractivity contribution is 5.81. The number of amides is 2. The zero-order valence-corrected chi connectivity index (χ0v) is 39.1. The molecule has 0 saturated heterocycles. The van der Waals surface area contributed by atoms with E-state index in [1.54, 1.807) is 26.3 Å². The van der Waals surface area contributed by atoms with Crippen molar-refractivity contribution in [2.24, 2.45) is 46.3 Å². The van der Waals surface area contributed by atoms with Crippen LogP contribution in [-0.2, 0) is 14.3 Å².